The Balaban J connectivity index is 1.37. The van der Waals surface area contributed by atoms with Gasteiger partial charge in [0.25, 0.3) is 0 Å². The SMILES string of the molecule is c1ccc(-n2c3ccccc3c3c4ccc5c6ccccc6n(-c6ccc7sc8ccccc8c7c6)c5c4ccc32)cc1. The summed E-state index contributed by atoms with van der Waals surface area (Å²) >= 11 is 1.87. The molecule has 0 aliphatic rings. The molecule has 0 unspecified atom stereocenters. The Kier molecular flexibility index (Phi) is 4.63. The predicted octanol–water partition coefficient (Wildman–Crippen LogP) is 11.4. The summed E-state index contributed by atoms with van der Waals surface area (Å²) in [7, 11) is 0. The van der Waals surface area contributed by atoms with Gasteiger partial charge in [-0.3, -0.25) is 0 Å². The van der Waals surface area contributed by atoms with Gasteiger partial charge in [-0.2, -0.15) is 0 Å². The van der Waals surface area contributed by atoms with Crippen LogP contribution in [0.15, 0.2) is 146 Å². The maximum absolute atomic E-state index is 2.49. The van der Waals surface area contributed by atoms with Crippen LogP contribution in [0, 0.1) is 0 Å². The predicted molar refractivity (Wildman–Crippen MR) is 186 cm³/mol. The van der Waals surface area contributed by atoms with E-state index >= 15 is 0 Å². The molecule has 0 aliphatic heterocycles. The van der Waals surface area contributed by atoms with Crippen molar-refractivity contribution in [2.24, 2.45) is 0 Å². The number of para-hydroxylation sites is 3. The third-order valence-electron chi connectivity index (χ3n) is 9.10. The summed E-state index contributed by atoms with van der Waals surface area (Å²) < 4.78 is 7.55. The highest BCUT2D eigenvalue weighted by molar-refractivity contribution is 7.25. The molecule has 3 aromatic heterocycles. The van der Waals surface area contributed by atoms with Crippen molar-refractivity contribution >= 4 is 85.9 Å². The zero-order valence-corrected chi connectivity index (χ0v) is 24.0. The smallest absolute Gasteiger partial charge is 0.0619 e. The lowest BCUT2D eigenvalue weighted by molar-refractivity contribution is 1.18. The van der Waals surface area contributed by atoms with Gasteiger partial charge in [0, 0.05) is 58.5 Å². The molecular formula is C40H24N2S. The van der Waals surface area contributed by atoms with E-state index in [9.17, 15) is 0 Å². The second-order valence-corrected chi connectivity index (χ2v) is 12.4. The number of thiophene rings is 1. The monoisotopic (exact) mass is 564 g/mol. The molecule has 0 atom stereocenters. The number of benzene rings is 7. The minimum Gasteiger partial charge on any atom is -0.309 e. The van der Waals surface area contributed by atoms with E-state index in [2.05, 4.69) is 155 Å². The van der Waals surface area contributed by atoms with Crippen molar-refractivity contribution in [1.82, 2.24) is 9.13 Å². The van der Waals surface area contributed by atoms with Crippen molar-refractivity contribution in [3.8, 4) is 11.4 Å². The minimum atomic E-state index is 1.18. The first-order valence-electron chi connectivity index (χ1n) is 14.7. The van der Waals surface area contributed by atoms with Gasteiger partial charge in [-0.15, -0.1) is 11.3 Å². The van der Waals surface area contributed by atoms with Gasteiger partial charge in [0.2, 0.25) is 0 Å². The van der Waals surface area contributed by atoms with Crippen LogP contribution in [0.4, 0.5) is 0 Å². The molecule has 0 saturated heterocycles. The quantitative estimate of drug-likeness (QED) is 0.198. The number of rotatable bonds is 2. The highest BCUT2D eigenvalue weighted by Gasteiger charge is 2.20. The lowest BCUT2D eigenvalue weighted by atomic mass is 10.0. The molecular weight excluding hydrogens is 541 g/mol. The van der Waals surface area contributed by atoms with Crippen molar-refractivity contribution in [3.63, 3.8) is 0 Å². The van der Waals surface area contributed by atoms with E-state index in [0.717, 1.165) is 0 Å². The number of fused-ring (bicyclic) bond motifs is 12. The van der Waals surface area contributed by atoms with Crippen LogP contribution < -0.4 is 0 Å². The molecule has 0 N–H and O–H groups in total. The van der Waals surface area contributed by atoms with Crippen LogP contribution in [0.1, 0.15) is 0 Å². The fourth-order valence-corrected chi connectivity index (χ4v) is 8.40. The lowest BCUT2D eigenvalue weighted by Crippen LogP contribution is -1.95. The van der Waals surface area contributed by atoms with Crippen molar-refractivity contribution in [2.45, 2.75) is 0 Å². The largest absolute Gasteiger partial charge is 0.309 e. The molecule has 10 rings (SSSR count). The van der Waals surface area contributed by atoms with Gasteiger partial charge in [-0.1, -0.05) is 91.0 Å². The molecule has 0 amide bonds. The molecule has 0 bridgehead atoms. The Bertz CT molecular complexity index is 2720. The van der Waals surface area contributed by atoms with Gasteiger partial charge in [0.15, 0.2) is 0 Å². The van der Waals surface area contributed by atoms with Gasteiger partial charge in [-0.05, 0) is 60.0 Å². The fraction of sp³-hybridized carbons (Fsp3) is 0. The Labute approximate surface area is 251 Å². The number of nitrogens with zero attached hydrogens (tertiary/aromatic N) is 2. The second kappa shape index (κ2) is 8.57. The summed E-state index contributed by atoms with van der Waals surface area (Å²) in [4.78, 5) is 0. The van der Waals surface area contributed by atoms with Crippen molar-refractivity contribution in [1.29, 1.82) is 0 Å². The van der Waals surface area contributed by atoms with E-state index in [4.69, 9.17) is 0 Å². The summed E-state index contributed by atoms with van der Waals surface area (Å²) in [6.07, 6.45) is 0. The molecule has 200 valence electrons. The first-order valence-corrected chi connectivity index (χ1v) is 15.5. The van der Waals surface area contributed by atoms with E-state index in [1.807, 2.05) is 11.3 Å². The van der Waals surface area contributed by atoms with Crippen LogP contribution in [0.5, 0.6) is 0 Å². The molecule has 3 heteroatoms. The molecule has 2 nitrogen and oxygen atoms in total. The van der Waals surface area contributed by atoms with Gasteiger partial charge >= 0.3 is 0 Å². The van der Waals surface area contributed by atoms with Gasteiger partial charge in [-0.25, -0.2) is 0 Å². The van der Waals surface area contributed by atoms with E-state index in [-0.39, 0.29) is 0 Å². The molecule has 10 aromatic rings. The molecule has 43 heavy (non-hydrogen) atoms. The zero-order chi connectivity index (χ0) is 28.1. The molecule has 3 heterocycles. The zero-order valence-electron chi connectivity index (χ0n) is 23.2. The molecule has 0 spiro atoms. The standard InChI is InChI=1S/C40H24N2S/c1-2-10-25(11-3-1)41-35-16-8-5-14-32(35)39-29-19-20-30-27-12-4-7-15-34(27)42(40(30)31(29)21-22-36(39)41)26-18-23-38-33(24-26)28-13-6-9-17-37(28)43-38/h1-24H. The maximum atomic E-state index is 2.49. The number of aromatic nitrogens is 2. The molecule has 0 radical (unpaired) electrons. The lowest BCUT2D eigenvalue weighted by Gasteiger charge is -2.12. The van der Waals surface area contributed by atoms with Gasteiger partial charge in [0.05, 0.1) is 22.1 Å². The van der Waals surface area contributed by atoms with Crippen molar-refractivity contribution in [2.75, 3.05) is 0 Å². The fourth-order valence-electron chi connectivity index (χ4n) is 7.31. The first kappa shape index (κ1) is 23.2. The Morgan fingerprint density at radius 1 is 0.349 bits per heavy atom. The van der Waals surface area contributed by atoms with Crippen LogP contribution in [0.2, 0.25) is 0 Å². The maximum Gasteiger partial charge on any atom is 0.0619 e. The topological polar surface area (TPSA) is 9.86 Å². The summed E-state index contributed by atoms with van der Waals surface area (Å²) in [5.41, 5.74) is 7.33. The highest BCUT2D eigenvalue weighted by atomic mass is 32.1. The first-order chi connectivity index (χ1) is 21.3. The van der Waals surface area contributed by atoms with E-state index in [1.54, 1.807) is 0 Å². The molecule has 0 fully saturated rings. The second-order valence-electron chi connectivity index (χ2n) is 11.3. The van der Waals surface area contributed by atoms with E-state index < -0.39 is 0 Å². The third kappa shape index (κ3) is 3.12. The van der Waals surface area contributed by atoms with Crippen molar-refractivity contribution in [3.05, 3.63) is 146 Å². The van der Waals surface area contributed by atoms with E-state index in [1.165, 1.54) is 85.9 Å². The number of hydrogen-bond acceptors (Lipinski definition) is 1. The summed E-state index contributed by atoms with van der Waals surface area (Å²) in [6.45, 7) is 0. The third-order valence-corrected chi connectivity index (χ3v) is 10.2. The average Bonchev–Trinajstić information content (AvgIpc) is 3.72. The Morgan fingerprint density at radius 3 is 1.84 bits per heavy atom. The molecule has 0 saturated carbocycles. The Morgan fingerprint density at radius 2 is 0.977 bits per heavy atom. The normalized spacial score (nSPS) is 12.2. The minimum absolute atomic E-state index is 1.18. The highest BCUT2D eigenvalue weighted by Crippen LogP contribution is 2.43. The van der Waals surface area contributed by atoms with Crippen LogP contribution in [-0.2, 0) is 0 Å². The summed E-state index contributed by atoms with van der Waals surface area (Å²) in [6, 6.07) is 53.4. The van der Waals surface area contributed by atoms with Gasteiger partial charge < -0.3 is 9.13 Å². The van der Waals surface area contributed by atoms with Crippen LogP contribution >= 0.6 is 11.3 Å². The Hall–Kier alpha value is -5.38. The summed E-state index contributed by atoms with van der Waals surface area (Å²) in [5.74, 6) is 0. The molecule has 0 aliphatic carbocycles. The van der Waals surface area contributed by atoms with Crippen LogP contribution in [0.3, 0.4) is 0 Å². The summed E-state index contributed by atoms with van der Waals surface area (Å²) in [5, 5.41) is 10.3. The number of hydrogen-bond donors (Lipinski definition) is 0. The van der Waals surface area contributed by atoms with Gasteiger partial charge in [0.1, 0.15) is 0 Å². The van der Waals surface area contributed by atoms with Crippen LogP contribution in [-0.4, -0.2) is 9.13 Å². The average molecular weight is 565 g/mol. The van der Waals surface area contributed by atoms with E-state index in [0.29, 0.717) is 0 Å². The molecule has 7 aromatic carbocycles. The van der Waals surface area contributed by atoms with Crippen LogP contribution in [0.25, 0.3) is 85.9 Å². The van der Waals surface area contributed by atoms with Crippen molar-refractivity contribution < 1.29 is 0 Å².